The maximum absolute atomic E-state index is 8.67. The van der Waals surface area contributed by atoms with E-state index in [-0.39, 0.29) is 6.61 Å². The van der Waals surface area contributed by atoms with Crippen LogP contribution in [0.1, 0.15) is 11.3 Å². The molecule has 3 nitrogen and oxygen atoms in total. The number of aliphatic hydroxyl groups excluding tert-OH is 1. The smallest absolute Gasteiger partial charge is 0.0719 e. The minimum atomic E-state index is 0.137. The molecule has 0 aliphatic rings. The first-order valence-corrected chi connectivity index (χ1v) is 3.53. The zero-order valence-electron chi connectivity index (χ0n) is 6.62. The number of aliphatic hydroxyl groups is 1. The van der Waals surface area contributed by atoms with Crippen LogP contribution < -0.4 is 0 Å². The highest BCUT2D eigenvalue weighted by Crippen LogP contribution is 2.07. The topological polar surface area (TPSA) is 38.0 Å². The Morgan fingerprint density at radius 3 is 3.09 bits per heavy atom. The number of nitrogens with zero attached hydrogens (tertiary/aromatic N) is 2. The Labute approximate surface area is 66.0 Å². The number of aromatic nitrogens is 2. The molecule has 0 aliphatic heterocycles. The second kappa shape index (κ2) is 3.34. The molecule has 1 rings (SSSR count). The van der Waals surface area contributed by atoms with Gasteiger partial charge >= 0.3 is 0 Å². The van der Waals surface area contributed by atoms with E-state index >= 15 is 0 Å². The largest absolute Gasteiger partial charge is 0.396 e. The van der Waals surface area contributed by atoms with Crippen LogP contribution >= 0.6 is 0 Å². The summed E-state index contributed by atoms with van der Waals surface area (Å²) in [5.41, 5.74) is 1.91. The van der Waals surface area contributed by atoms with Crippen LogP contribution in [0.4, 0.5) is 0 Å². The van der Waals surface area contributed by atoms with Crippen LogP contribution in [-0.2, 0) is 13.5 Å². The number of hydrogen-bond acceptors (Lipinski definition) is 2. The molecule has 0 bridgehead atoms. The van der Waals surface area contributed by atoms with Crippen molar-refractivity contribution in [3.8, 4) is 0 Å². The summed E-state index contributed by atoms with van der Waals surface area (Å²) in [5.74, 6) is 0. The van der Waals surface area contributed by atoms with E-state index in [1.807, 2.05) is 13.2 Å². The lowest BCUT2D eigenvalue weighted by atomic mass is 10.2. The van der Waals surface area contributed by atoms with Gasteiger partial charge in [0.2, 0.25) is 0 Å². The van der Waals surface area contributed by atoms with E-state index in [9.17, 15) is 0 Å². The van der Waals surface area contributed by atoms with E-state index in [4.69, 9.17) is 5.11 Å². The standard InChI is InChI=1S/C8H12N2O/c1-3-7-6-10(2)9-8(7)4-5-11/h3,6,11H,1,4-5H2,2H3. The lowest BCUT2D eigenvalue weighted by molar-refractivity contribution is 0.298. The molecule has 1 N–H and O–H groups in total. The van der Waals surface area contributed by atoms with Crippen LogP contribution in [0.25, 0.3) is 6.08 Å². The maximum atomic E-state index is 8.67. The minimum Gasteiger partial charge on any atom is -0.396 e. The number of rotatable bonds is 3. The fraction of sp³-hybridized carbons (Fsp3) is 0.375. The summed E-state index contributed by atoms with van der Waals surface area (Å²) < 4.78 is 1.72. The van der Waals surface area contributed by atoms with Gasteiger partial charge in [0, 0.05) is 31.8 Å². The molecule has 1 aromatic rings. The van der Waals surface area contributed by atoms with E-state index in [1.54, 1.807) is 10.8 Å². The fourth-order valence-corrected chi connectivity index (χ4v) is 1.02. The summed E-state index contributed by atoms with van der Waals surface area (Å²) in [6.07, 6.45) is 4.23. The van der Waals surface area contributed by atoms with Gasteiger partial charge in [-0.2, -0.15) is 5.10 Å². The predicted octanol–water partition coefficient (Wildman–Crippen LogP) is 0.598. The Morgan fingerprint density at radius 1 is 1.82 bits per heavy atom. The SMILES string of the molecule is C=Cc1cn(C)nc1CCO. The molecule has 0 unspecified atom stereocenters. The normalized spacial score (nSPS) is 10.0. The molecule has 0 aliphatic carbocycles. The summed E-state index contributed by atoms with van der Waals surface area (Å²) in [7, 11) is 1.86. The first kappa shape index (κ1) is 8.01. The van der Waals surface area contributed by atoms with Crippen molar-refractivity contribution >= 4 is 6.08 Å². The fourth-order valence-electron chi connectivity index (χ4n) is 1.02. The van der Waals surface area contributed by atoms with Gasteiger partial charge in [0.1, 0.15) is 0 Å². The highest BCUT2D eigenvalue weighted by atomic mass is 16.3. The Hall–Kier alpha value is -1.09. The van der Waals surface area contributed by atoms with Gasteiger partial charge in [-0.1, -0.05) is 12.7 Å². The van der Waals surface area contributed by atoms with Gasteiger partial charge in [0.15, 0.2) is 0 Å². The molecule has 11 heavy (non-hydrogen) atoms. The van der Waals surface area contributed by atoms with E-state index in [0.717, 1.165) is 11.3 Å². The van der Waals surface area contributed by atoms with Crippen LogP contribution in [0.3, 0.4) is 0 Å². The number of aryl methyl sites for hydroxylation is 1. The molecule has 60 valence electrons. The van der Waals surface area contributed by atoms with E-state index < -0.39 is 0 Å². The van der Waals surface area contributed by atoms with E-state index in [2.05, 4.69) is 11.7 Å². The van der Waals surface area contributed by atoms with Crippen LogP contribution in [0, 0.1) is 0 Å². The summed E-state index contributed by atoms with van der Waals surface area (Å²) in [5, 5.41) is 12.8. The van der Waals surface area contributed by atoms with Crippen LogP contribution in [0.15, 0.2) is 12.8 Å². The molecule has 0 aromatic carbocycles. The number of hydrogen-bond donors (Lipinski definition) is 1. The quantitative estimate of drug-likeness (QED) is 0.688. The van der Waals surface area contributed by atoms with Crippen molar-refractivity contribution in [1.29, 1.82) is 0 Å². The molecular formula is C8H12N2O. The van der Waals surface area contributed by atoms with E-state index in [1.165, 1.54) is 0 Å². The Kier molecular flexibility index (Phi) is 2.44. The molecule has 0 fully saturated rings. The molecule has 0 radical (unpaired) electrons. The lowest BCUT2D eigenvalue weighted by Crippen LogP contribution is -1.95. The molecule has 0 atom stereocenters. The van der Waals surface area contributed by atoms with Gasteiger partial charge in [-0.05, 0) is 0 Å². The Morgan fingerprint density at radius 2 is 2.55 bits per heavy atom. The molecule has 0 spiro atoms. The molecule has 1 aromatic heterocycles. The van der Waals surface area contributed by atoms with E-state index in [0.29, 0.717) is 6.42 Å². The minimum absolute atomic E-state index is 0.137. The van der Waals surface area contributed by atoms with Crippen LogP contribution in [-0.4, -0.2) is 21.5 Å². The Balaban J connectivity index is 2.92. The molecule has 0 saturated carbocycles. The molecule has 0 saturated heterocycles. The molecular weight excluding hydrogens is 140 g/mol. The monoisotopic (exact) mass is 152 g/mol. The average molecular weight is 152 g/mol. The van der Waals surface area contributed by atoms with Gasteiger partial charge in [-0.25, -0.2) is 0 Å². The van der Waals surface area contributed by atoms with Gasteiger partial charge < -0.3 is 5.11 Å². The van der Waals surface area contributed by atoms with Crippen molar-refractivity contribution < 1.29 is 5.11 Å². The highest BCUT2D eigenvalue weighted by Gasteiger charge is 2.02. The third-order valence-corrected chi connectivity index (χ3v) is 1.51. The van der Waals surface area contributed by atoms with Crippen LogP contribution in [0.5, 0.6) is 0 Å². The summed E-state index contributed by atoms with van der Waals surface area (Å²) in [4.78, 5) is 0. The van der Waals surface area contributed by atoms with Crippen molar-refractivity contribution in [2.24, 2.45) is 7.05 Å². The third-order valence-electron chi connectivity index (χ3n) is 1.51. The highest BCUT2D eigenvalue weighted by molar-refractivity contribution is 5.48. The average Bonchev–Trinajstić information content (AvgIpc) is 2.32. The molecule has 3 heteroatoms. The van der Waals surface area contributed by atoms with Gasteiger partial charge in [-0.15, -0.1) is 0 Å². The first-order chi connectivity index (χ1) is 5.27. The Bertz CT molecular complexity index is 253. The van der Waals surface area contributed by atoms with Crippen molar-refractivity contribution in [1.82, 2.24) is 9.78 Å². The van der Waals surface area contributed by atoms with Crippen LogP contribution in [0.2, 0.25) is 0 Å². The van der Waals surface area contributed by atoms with Crippen molar-refractivity contribution in [2.75, 3.05) is 6.61 Å². The van der Waals surface area contributed by atoms with Crippen molar-refractivity contribution in [3.63, 3.8) is 0 Å². The molecule has 0 amide bonds. The lowest BCUT2D eigenvalue weighted by Gasteiger charge is -1.91. The van der Waals surface area contributed by atoms with Gasteiger partial charge in [0.05, 0.1) is 5.69 Å². The summed E-state index contributed by atoms with van der Waals surface area (Å²) in [6, 6.07) is 0. The van der Waals surface area contributed by atoms with Crippen molar-refractivity contribution in [2.45, 2.75) is 6.42 Å². The van der Waals surface area contributed by atoms with Gasteiger partial charge in [0.25, 0.3) is 0 Å². The third kappa shape index (κ3) is 1.68. The second-order valence-electron chi connectivity index (χ2n) is 2.38. The first-order valence-electron chi connectivity index (χ1n) is 3.53. The molecule has 1 heterocycles. The zero-order valence-corrected chi connectivity index (χ0v) is 6.62. The summed E-state index contributed by atoms with van der Waals surface area (Å²) in [6.45, 7) is 3.79. The van der Waals surface area contributed by atoms with Gasteiger partial charge in [-0.3, -0.25) is 4.68 Å². The zero-order chi connectivity index (χ0) is 8.27. The second-order valence-corrected chi connectivity index (χ2v) is 2.38. The van der Waals surface area contributed by atoms with Crippen molar-refractivity contribution in [3.05, 3.63) is 24.0 Å². The summed E-state index contributed by atoms with van der Waals surface area (Å²) >= 11 is 0. The maximum Gasteiger partial charge on any atom is 0.0719 e. The predicted molar refractivity (Wildman–Crippen MR) is 44.1 cm³/mol.